The first-order valence-electron chi connectivity index (χ1n) is 5.24. The van der Waals surface area contributed by atoms with Gasteiger partial charge in [0.15, 0.2) is 0 Å². The molecule has 78 valence electrons. The van der Waals surface area contributed by atoms with Crippen LogP contribution in [-0.4, -0.2) is 6.04 Å². The smallest absolute Gasteiger partial charge is 0.0426 e. The average molecular weight is 212 g/mol. The van der Waals surface area contributed by atoms with E-state index in [0.717, 1.165) is 10.7 Å². The maximum absolute atomic E-state index is 5.89. The summed E-state index contributed by atoms with van der Waals surface area (Å²) in [5.41, 5.74) is 1.11. The van der Waals surface area contributed by atoms with Gasteiger partial charge in [0.25, 0.3) is 0 Å². The standard InChI is InChI=1S/C12H18ClN/c1-3-4-6-10(2)14-12-8-5-7-11(13)9-12/h5,7-10,14H,3-4,6H2,1-2H3. The van der Waals surface area contributed by atoms with Gasteiger partial charge in [0.05, 0.1) is 0 Å². The SMILES string of the molecule is CCCCC(C)Nc1cccc(Cl)c1. The van der Waals surface area contributed by atoms with Crippen LogP contribution in [0.2, 0.25) is 5.02 Å². The van der Waals surface area contributed by atoms with Gasteiger partial charge < -0.3 is 5.32 Å². The van der Waals surface area contributed by atoms with Crippen molar-refractivity contribution in [3.05, 3.63) is 29.3 Å². The lowest BCUT2D eigenvalue weighted by Crippen LogP contribution is -2.14. The fourth-order valence-corrected chi connectivity index (χ4v) is 1.64. The monoisotopic (exact) mass is 211 g/mol. The van der Waals surface area contributed by atoms with E-state index in [4.69, 9.17) is 11.6 Å². The highest BCUT2D eigenvalue weighted by molar-refractivity contribution is 6.30. The average Bonchev–Trinajstić information content (AvgIpc) is 2.15. The summed E-state index contributed by atoms with van der Waals surface area (Å²) < 4.78 is 0. The van der Waals surface area contributed by atoms with E-state index in [1.165, 1.54) is 19.3 Å². The molecule has 0 aliphatic rings. The van der Waals surface area contributed by atoms with Gasteiger partial charge >= 0.3 is 0 Å². The molecule has 1 unspecified atom stereocenters. The Hall–Kier alpha value is -0.690. The topological polar surface area (TPSA) is 12.0 Å². The van der Waals surface area contributed by atoms with Crippen molar-refractivity contribution < 1.29 is 0 Å². The third-order valence-electron chi connectivity index (χ3n) is 2.23. The molecule has 1 aromatic rings. The molecule has 1 N–H and O–H groups in total. The van der Waals surface area contributed by atoms with E-state index in [1.54, 1.807) is 0 Å². The molecule has 0 bridgehead atoms. The third-order valence-corrected chi connectivity index (χ3v) is 2.46. The highest BCUT2D eigenvalue weighted by Crippen LogP contribution is 2.16. The van der Waals surface area contributed by atoms with Gasteiger partial charge in [-0.3, -0.25) is 0 Å². The maximum atomic E-state index is 5.89. The zero-order valence-corrected chi connectivity index (χ0v) is 9.64. The molecule has 0 saturated heterocycles. The first-order chi connectivity index (χ1) is 6.72. The minimum Gasteiger partial charge on any atom is -0.383 e. The van der Waals surface area contributed by atoms with Crippen molar-refractivity contribution >= 4 is 17.3 Å². The van der Waals surface area contributed by atoms with Crippen LogP contribution in [0.3, 0.4) is 0 Å². The Kier molecular flexibility index (Phi) is 4.81. The molecule has 0 saturated carbocycles. The van der Waals surface area contributed by atoms with Gasteiger partial charge in [-0.15, -0.1) is 0 Å². The number of hydrogen-bond donors (Lipinski definition) is 1. The Bertz CT molecular complexity index is 273. The van der Waals surface area contributed by atoms with Gasteiger partial charge in [0.1, 0.15) is 0 Å². The second kappa shape index (κ2) is 5.92. The van der Waals surface area contributed by atoms with Crippen LogP contribution in [0.4, 0.5) is 5.69 Å². The number of halogens is 1. The Labute approximate surface area is 91.5 Å². The highest BCUT2D eigenvalue weighted by Gasteiger charge is 2.00. The van der Waals surface area contributed by atoms with Crippen LogP contribution in [0.5, 0.6) is 0 Å². The van der Waals surface area contributed by atoms with Gasteiger partial charge in [0, 0.05) is 16.8 Å². The molecule has 0 aliphatic carbocycles. The van der Waals surface area contributed by atoms with Crippen molar-refractivity contribution in [2.24, 2.45) is 0 Å². The van der Waals surface area contributed by atoms with Crippen LogP contribution in [0, 0.1) is 0 Å². The summed E-state index contributed by atoms with van der Waals surface area (Å²) in [6.07, 6.45) is 3.74. The molecule has 1 nitrogen and oxygen atoms in total. The van der Waals surface area contributed by atoms with Crippen LogP contribution < -0.4 is 5.32 Å². The molecule has 0 heterocycles. The molecule has 0 amide bonds. The Morgan fingerprint density at radius 3 is 2.86 bits per heavy atom. The maximum Gasteiger partial charge on any atom is 0.0426 e. The van der Waals surface area contributed by atoms with Crippen LogP contribution in [0.1, 0.15) is 33.1 Å². The van der Waals surface area contributed by atoms with Crippen LogP contribution >= 0.6 is 11.6 Å². The zero-order chi connectivity index (χ0) is 10.4. The minimum atomic E-state index is 0.522. The van der Waals surface area contributed by atoms with Crippen molar-refractivity contribution in [2.75, 3.05) is 5.32 Å². The van der Waals surface area contributed by atoms with Crippen molar-refractivity contribution in [2.45, 2.75) is 39.2 Å². The van der Waals surface area contributed by atoms with Gasteiger partial charge in [-0.1, -0.05) is 37.4 Å². The first kappa shape index (κ1) is 11.4. The Balaban J connectivity index is 2.43. The van der Waals surface area contributed by atoms with E-state index in [1.807, 2.05) is 24.3 Å². The molecule has 14 heavy (non-hydrogen) atoms. The minimum absolute atomic E-state index is 0.522. The van der Waals surface area contributed by atoms with E-state index in [0.29, 0.717) is 6.04 Å². The van der Waals surface area contributed by atoms with Gasteiger partial charge in [0.2, 0.25) is 0 Å². The lowest BCUT2D eigenvalue weighted by atomic mass is 10.1. The number of hydrogen-bond acceptors (Lipinski definition) is 1. The largest absolute Gasteiger partial charge is 0.383 e. The fraction of sp³-hybridized carbons (Fsp3) is 0.500. The molecule has 0 spiro atoms. The number of benzene rings is 1. The van der Waals surface area contributed by atoms with Crippen LogP contribution in [-0.2, 0) is 0 Å². The molecule has 1 atom stereocenters. The molecular weight excluding hydrogens is 194 g/mol. The van der Waals surface area contributed by atoms with Crippen LogP contribution in [0.15, 0.2) is 24.3 Å². The van der Waals surface area contributed by atoms with E-state index in [9.17, 15) is 0 Å². The summed E-state index contributed by atoms with van der Waals surface area (Å²) in [5.74, 6) is 0. The van der Waals surface area contributed by atoms with Crippen molar-refractivity contribution in [3.8, 4) is 0 Å². The Morgan fingerprint density at radius 1 is 1.43 bits per heavy atom. The number of rotatable bonds is 5. The predicted octanol–water partition coefficient (Wildman–Crippen LogP) is 4.33. The highest BCUT2D eigenvalue weighted by atomic mass is 35.5. The van der Waals surface area contributed by atoms with E-state index < -0.39 is 0 Å². The van der Waals surface area contributed by atoms with Crippen LogP contribution in [0.25, 0.3) is 0 Å². The second-order valence-corrected chi connectivity index (χ2v) is 4.13. The van der Waals surface area contributed by atoms with Crippen molar-refractivity contribution in [3.63, 3.8) is 0 Å². The summed E-state index contributed by atoms with van der Waals surface area (Å²) in [6.45, 7) is 4.42. The summed E-state index contributed by atoms with van der Waals surface area (Å²) in [7, 11) is 0. The Morgan fingerprint density at radius 2 is 2.21 bits per heavy atom. The third kappa shape index (κ3) is 4.01. The summed E-state index contributed by atoms with van der Waals surface area (Å²) >= 11 is 5.89. The fourth-order valence-electron chi connectivity index (χ4n) is 1.45. The van der Waals surface area contributed by atoms with Gasteiger partial charge in [-0.05, 0) is 31.5 Å². The molecular formula is C12H18ClN. The van der Waals surface area contributed by atoms with Crippen molar-refractivity contribution in [1.29, 1.82) is 0 Å². The summed E-state index contributed by atoms with van der Waals surface area (Å²) in [5, 5.41) is 4.22. The molecule has 0 radical (unpaired) electrons. The quantitative estimate of drug-likeness (QED) is 0.765. The molecule has 1 rings (SSSR count). The number of nitrogens with one attached hydrogen (secondary N) is 1. The molecule has 1 aromatic carbocycles. The lowest BCUT2D eigenvalue weighted by Gasteiger charge is -2.14. The molecule has 2 heteroatoms. The first-order valence-corrected chi connectivity index (χ1v) is 5.62. The number of anilines is 1. The number of unbranched alkanes of at least 4 members (excludes halogenated alkanes) is 1. The van der Waals surface area contributed by atoms with E-state index in [2.05, 4.69) is 19.2 Å². The normalized spacial score (nSPS) is 12.5. The second-order valence-electron chi connectivity index (χ2n) is 3.70. The van der Waals surface area contributed by atoms with E-state index >= 15 is 0 Å². The molecule has 0 aliphatic heterocycles. The molecule has 0 fully saturated rings. The van der Waals surface area contributed by atoms with Gasteiger partial charge in [-0.25, -0.2) is 0 Å². The summed E-state index contributed by atoms with van der Waals surface area (Å²) in [4.78, 5) is 0. The lowest BCUT2D eigenvalue weighted by molar-refractivity contribution is 0.645. The summed E-state index contributed by atoms with van der Waals surface area (Å²) in [6, 6.07) is 8.40. The van der Waals surface area contributed by atoms with Gasteiger partial charge in [-0.2, -0.15) is 0 Å². The zero-order valence-electron chi connectivity index (χ0n) is 8.89. The predicted molar refractivity (Wildman–Crippen MR) is 64.1 cm³/mol. The van der Waals surface area contributed by atoms with Crippen molar-refractivity contribution in [1.82, 2.24) is 0 Å². The van der Waals surface area contributed by atoms with E-state index in [-0.39, 0.29) is 0 Å². The molecule has 0 aromatic heterocycles.